The van der Waals surface area contributed by atoms with Crippen LogP contribution in [-0.4, -0.2) is 30.1 Å². The zero-order chi connectivity index (χ0) is 12.3. The lowest BCUT2D eigenvalue weighted by Crippen LogP contribution is -2.23. The van der Waals surface area contributed by atoms with E-state index in [0.29, 0.717) is 0 Å². The monoisotopic (exact) mass is 297 g/mol. The molecule has 17 heavy (non-hydrogen) atoms. The van der Waals surface area contributed by atoms with Crippen molar-refractivity contribution in [2.24, 2.45) is 5.92 Å². The third kappa shape index (κ3) is 4.41. The summed E-state index contributed by atoms with van der Waals surface area (Å²) in [6.45, 7) is 2.15. The number of aliphatic hydroxyl groups is 1. The van der Waals surface area contributed by atoms with E-state index in [-0.39, 0.29) is 6.10 Å². The van der Waals surface area contributed by atoms with Gasteiger partial charge in [0.2, 0.25) is 0 Å². The smallest absolute Gasteiger partial charge is 0.0802 e. The Bertz CT molecular complexity index is 365. The zero-order valence-electron chi connectivity index (χ0n) is 10.3. The van der Waals surface area contributed by atoms with Crippen molar-refractivity contribution in [2.75, 3.05) is 20.1 Å². The van der Waals surface area contributed by atoms with E-state index in [1.807, 2.05) is 24.3 Å². The maximum absolute atomic E-state index is 10.1. The molecule has 0 saturated heterocycles. The predicted molar refractivity (Wildman–Crippen MR) is 73.9 cm³/mol. The van der Waals surface area contributed by atoms with Crippen LogP contribution in [0.15, 0.2) is 28.7 Å². The summed E-state index contributed by atoms with van der Waals surface area (Å²) in [7, 11) is 2.14. The summed E-state index contributed by atoms with van der Waals surface area (Å²) in [5.41, 5.74) is 0.999. The number of hydrogen-bond donors (Lipinski definition) is 1. The van der Waals surface area contributed by atoms with Gasteiger partial charge in [-0.2, -0.15) is 0 Å². The van der Waals surface area contributed by atoms with Crippen molar-refractivity contribution in [3.05, 3.63) is 34.3 Å². The van der Waals surface area contributed by atoms with Crippen LogP contribution in [-0.2, 0) is 0 Å². The van der Waals surface area contributed by atoms with Crippen molar-refractivity contribution in [3.63, 3.8) is 0 Å². The molecule has 1 aliphatic carbocycles. The van der Waals surface area contributed by atoms with Gasteiger partial charge in [-0.05, 0) is 49.9 Å². The van der Waals surface area contributed by atoms with Crippen molar-refractivity contribution in [3.8, 4) is 0 Å². The molecule has 0 radical (unpaired) electrons. The van der Waals surface area contributed by atoms with E-state index in [2.05, 4.69) is 27.9 Å². The second-order valence-corrected chi connectivity index (χ2v) is 5.98. The Balaban J connectivity index is 1.77. The molecule has 2 nitrogen and oxygen atoms in total. The lowest BCUT2D eigenvalue weighted by molar-refractivity contribution is 0.148. The highest BCUT2D eigenvalue weighted by molar-refractivity contribution is 9.10. The maximum Gasteiger partial charge on any atom is 0.0802 e. The standard InChI is InChI=1S/C14H20BrNO/c1-16(10-11-5-6-11)8-7-14(17)12-3-2-4-13(15)9-12/h2-4,9,11,14,17H,5-8,10H2,1H3. The second kappa shape index (κ2) is 5.98. The molecule has 0 spiro atoms. The molecule has 0 heterocycles. The number of rotatable bonds is 6. The third-order valence-electron chi connectivity index (χ3n) is 3.28. The first-order chi connectivity index (χ1) is 8.15. The van der Waals surface area contributed by atoms with Gasteiger partial charge in [-0.1, -0.05) is 28.1 Å². The molecule has 1 unspecified atom stereocenters. The fraction of sp³-hybridized carbons (Fsp3) is 0.571. The summed E-state index contributed by atoms with van der Waals surface area (Å²) in [4.78, 5) is 2.33. The fourth-order valence-electron chi connectivity index (χ4n) is 2.06. The molecule has 1 aromatic carbocycles. The molecule has 1 aliphatic rings. The van der Waals surface area contributed by atoms with Crippen LogP contribution < -0.4 is 0 Å². The highest BCUT2D eigenvalue weighted by Crippen LogP contribution is 2.29. The first kappa shape index (κ1) is 13.1. The van der Waals surface area contributed by atoms with Crippen LogP contribution in [0, 0.1) is 5.92 Å². The minimum atomic E-state index is -0.353. The summed E-state index contributed by atoms with van der Waals surface area (Å²) in [6.07, 6.45) is 3.23. The van der Waals surface area contributed by atoms with E-state index in [1.165, 1.54) is 19.4 Å². The van der Waals surface area contributed by atoms with Crippen molar-refractivity contribution in [2.45, 2.75) is 25.4 Å². The van der Waals surface area contributed by atoms with Crippen LogP contribution >= 0.6 is 15.9 Å². The number of hydrogen-bond acceptors (Lipinski definition) is 2. The minimum absolute atomic E-state index is 0.353. The van der Waals surface area contributed by atoms with Gasteiger partial charge >= 0.3 is 0 Å². The molecule has 1 N–H and O–H groups in total. The predicted octanol–water partition coefficient (Wildman–Crippen LogP) is 3.21. The van der Waals surface area contributed by atoms with Crippen LogP contribution in [0.5, 0.6) is 0 Å². The number of aliphatic hydroxyl groups excluding tert-OH is 1. The average molecular weight is 298 g/mol. The number of nitrogens with zero attached hydrogens (tertiary/aromatic N) is 1. The molecule has 0 bridgehead atoms. The zero-order valence-corrected chi connectivity index (χ0v) is 11.9. The molecule has 2 rings (SSSR count). The van der Waals surface area contributed by atoms with E-state index in [0.717, 1.165) is 28.9 Å². The Morgan fingerprint density at radius 2 is 2.24 bits per heavy atom. The van der Waals surface area contributed by atoms with E-state index >= 15 is 0 Å². The quantitative estimate of drug-likeness (QED) is 0.871. The number of halogens is 1. The normalized spacial score (nSPS) is 17.4. The van der Waals surface area contributed by atoms with Gasteiger partial charge in [0.15, 0.2) is 0 Å². The Morgan fingerprint density at radius 3 is 2.88 bits per heavy atom. The first-order valence-corrected chi connectivity index (χ1v) is 7.06. The van der Waals surface area contributed by atoms with Gasteiger partial charge in [-0.3, -0.25) is 0 Å². The van der Waals surface area contributed by atoms with Gasteiger partial charge in [-0.15, -0.1) is 0 Å². The van der Waals surface area contributed by atoms with Gasteiger partial charge in [-0.25, -0.2) is 0 Å². The molecule has 1 aromatic rings. The summed E-state index contributed by atoms with van der Waals surface area (Å²) in [5.74, 6) is 0.919. The van der Waals surface area contributed by atoms with Crippen LogP contribution in [0.2, 0.25) is 0 Å². The molecule has 0 amide bonds. The van der Waals surface area contributed by atoms with Gasteiger partial charge in [0.1, 0.15) is 0 Å². The average Bonchev–Trinajstić information content (AvgIpc) is 3.10. The van der Waals surface area contributed by atoms with Crippen LogP contribution in [0.4, 0.5) is 0 Å². The van der Waals surface area contributed by atoms with E-state index in [4.69, 9.17) is 0 Å². The van der Waals surface area contributed by atoms with E-state index in [1.54, 1.807) is 0 Å². The molecular weight excluding hydrogens is 278 g/mol. The lowest BCUT2D eigenvalue weighted by Gasteiger charge is -2.18. The molecule has 1 saturated carbocycles. The molecular formula is C14H20BrNO. The fourth-order valence-corrected chi connectivity index (χ4v) is 2.47. The summed E-state index contributed by atoms with van der Waals surface area (Å²) in [5, 5.41) is 10.1. The van der Waals surface area contributed by atoms with Crippen molar-refractivity contribution >= 4 is 15.9 Å². The van der Waals surface area contributed by atoms with E-state index < -0.39 is 0 Å². The Kier molecular flexibility index (Phi) is 4.60. The van der Waals surface area contributed by atoms with Crippen molar-refractivity contribution in [1.29, 1.82) is 0 Å². The van der Waals surface area contributed by atoms with Crippen molar-refractivity contribution < 1.29 is 5.11 Å². The van der Waals surface area contributed by atoms with Gasteiger partial charge < -0.3 is 10.0 Å². The summed E-state index contributed by atoms with van der Waals surface area (Å²) >= 11 is 3.43. The second-order valence-electron chi connectivity index (χ2n) is 5.07. The topological polar surface area (TPSA) is 23.5 Å². The molecule has 1 atom stereocenters. The highest BCUT2D eigenvalue weighted by atomic mass is 79.9. The molecule has 0 aliphatic heterocycles. The Labute approximate surface area is 112 Å². The Morgan fingerprint density at radius 1 is 1.47 bits per heavy atom. The largest absolute Gasteiger partial charge is 0.388 e. The molecule has 3 heteroatoms. The molecule has 1 fully saturated rings. The first-order valence-electron chi connectivity index (χ1n) is 6.27. The van der Waals surface area contributed by atoms with Gasteiger partial charge in [0.25, 0.3) is 0 Å². The van der Waals surface area contributed by atoms with Crippen LogP contribution in [0.25, 0.3) is 0 Å². The Hall–Kier alpha value is -0.380. The summed E-state index contributed by atoms with van der Waals surface area (Å²) in [6, 6.07) is 7.92. The third-order valence-corrected chi connectivity index (χ3v) is 3.78. The highest BCUT2D eigenvalue weighted by Gasteiger charge is 2.22. The lowest BCUT2D eigenvalue weighted by atomic mass is 10.1. The minimum Gasteiger partial charge on any atom is -0.388 e. The van der Waals surface area contributed by atoms with Crippen LogP contribution in [0.3, 0.4) is 0 Å². The number of benzene rings is 1. The maximum atomic E-state index is 10.1. The van der Waals surface area contributed by atoms with Gasteiger partial charge in [0.05, 0.1) is 6.10 Å². The van der Waals surface area contributed by atoms with Crippen LogP contribution in [0.1, 0.15) is 30.9 Å². The molecule has 0 aromatic heterocycles. The van der Waals surface area contributed by atoms with Gasteiger partial charge in [0, 0.05) is 17.6 Å². The van der Waals surface area contributed by atoms with Crippen molar-refractivity contribution in [1.82, 2.24) is 4.90 Å². The SMILES string of the molecule is CN(CCC(O)c1cccc(Br)c1)CC1CC1. The summed E-state index contributed by atoms with van der Waals surface area (Å²) < 4.78 is 1.03. The molecule has 94 valence electrons. The van der Waals surface area contributed by atoms with E-state index in [9.17, 15) is 5.11 Å².